The SMILES string of the molecule is Cc1nc(C(F)(F)F)ccc1SN1CC2(C1)CN(C1CCCOC1)C2. The number of rotatable bonds is 3. The number of alkyl halides is 3. The first-order valence-corrected chi connectivity index (χ1v) is 9.42. The summed E-state index contributed by atoms with van der Waals surface area (Å²) >= 11 is 1.52. The maximum atomic E-state index is 12.7. The van der Waals surface area contributed by atoms with E-state index in [1.165, 1.54) is 24.4 Å². The van der Waals surface area contributed by atoms with Crippen molar-refractivity contribution >= 4 is 11.9 Å². The van der Waals surface area contributed by atoms with Crippen molar-refractivity contribution in [2.24, 2.45) is 5.41 Å². The topological polar surface area (TPSA) is 28.6 Å². The minimum Gasteiger partial charge on any atom is -0.380 e. The molecule has 0 N–H and O–H groups in total. The average Bonchev–Trinajstić information content (AvgIpc) is 2.49. The van der Waals surface area contributed by atoms with Crippen LogP contribution < -0.4 is 0 Å². The third-order valence-corrected chi connectivity index (χ3v) is 6.45. The molecule has 1 unspecified atom stereocenters. The predicted molar refractivity (Wildman–Crippen MR) is 89.3 cm³/mol. The van der Waals surface area contributed by atoms with E-state index in [0.29, 0.717) is 17.2 Å². The van der Waals surface area contributed by atoms with Gasteiger partial charge in [0.25, 0.3) is 0 Å². The molecule has 0 amide bonds. The van der Waals surface area contributed by atoms with E-state index in [2.05, 4.69) is 14.2 Å². The van der Waals surface area contributed by atoms with E-state index in [4.69, 9.17) is 4.74 Å². The Balaban J connectivity index is 1.28. The van der Waals surface area contributed by atoms with Crippen LogP contribution in [0.25, 0.3) is 0 Å². The molecule has 1 spiro atoms. The molecule has 0 bridgehead atoms. The predicted octanol–water partition coefficient (Wildman–Crippen LogP) is 3.21. The van der Waals surface area contributed by atoms with Gasteiger partial charge in [-0.25, -0.2) is 9.29 Å². The van der Waals surface area contributed by atoms with Crippen LogP contribution in [-0.4, -0.2) is 59.6 Å². The van der Waals surface area contributed by atoms with Gasteiger partial charge >= 0.3 is 6.18 Å². The summed E-state index contributed by atoms with van der Waals surface area (Å²) in [4.78, 5) is 7.03. The van der Waals surface area contributed by atoms with E-state index in [1.807, 2.05) is 0 Å². The summed E-state index contributed by atoms with van der Waals surface area (Å²) < 4.78 is 45.9. The van der Waals surface area contributed by atoms with Gasteiger partial charge in [0.05, 0.1) is 12.3 Å². The molecule has 1 atom stereocenters. The number of hydrogen-bond acceptors (Lipinski definition) is 5. The fourth-order valence-electron chi connectivity index (χ4n) is 3.99. The van der Waals surface area contributed by atoms with E-state index >= 15 is 0 Å². The zero-order chi connectivity index (χ0) is 17.7. The van der Waals surface area contributed by atoms with Crippen molar-refractivity contribution in [1.29, 1.82) is 0 Å². The second kappa shape index (κ2) is 6.40. The van der Waals surface area contributed by atoms with E-state index < -0.39 is 11.9 Å². The van der Waals surface area contributed by atoms with Crippen LogP contribution in [0.1, 0.15) is 24.2 Å². The largest absolute Gasteiger partial charge is 0.433 e. The molecule has 8 heteroatoms. The summed E-state index contributed by atoms with van der Waals surface area (Å²) in [6.07, 6.45) is -2.01. The molecule has 4 heterocycles. The number of halogens is 3. The molecule has 3 saturated heterocycles. The van der Waals surface area contributed by atoms with Gasteiger partial charge in [0, 0.05) is 49.1 Å². The number of nitrogens with zero attached hydrogens (tertiary/aromatic N) is 3. The number of pyridine rings is 1. The molecule has 1 aromatic heterocycles. The lowest BCUT2D eigenvalue weighted by molar-refractivity contribution is -0.141. The Kier molecular flexibility index (Phi) is 4.50. The second-order valence-corrected chi connectivity index (χ2v) is 8.58. The Morgan fingerprint density at radius 3 is 2.60 bits per heavy atom. The van der Waals surface area contributed by atoms with Crippen LogP contribution in [0.3, 0.4) is 0 Å². The molecule has 25 heavy (non-hydrogen) atoms. The lowest BCUT2D eigenvalue weighted by atomic mass is 9.73. The lowest BCUT2D eigenvalue weighted by Crippen LogP contribution is -2.72. The fraction of sp³-hybridized carbons (Fsp3) is 0.706. The zero-order valence-corrected chi connectivity index (χ0v) is 15.0. The maximum absolute atomic E-state index is 12.7. The summed E-state index contributed by atoms with van der Waals surface area (Å²) in [5, 5.41) is 0. The summed E-state index contributed by atoms with van der Waals surface area (Å²) in [7, 11) is 0. The molecule has 4 rings (SSSR count). The first-order valence-electron chi connectivity index (χ1n) is 8.64. The summed E-state index contributed by atoms with van der Waals surface area (Å²) in [6, 6.07) is 3.18. The van der Waals surface area contributed by atoms with Gasteiger partial charge in [-0.1, -0.05) is 0 Å². The molecule has 0 radical (unpaired) electrons. The minimum atomic E-state index is -4.38. The first-order chi connectivity index (χ1) is 11.8. The Hall–Kier alpha value is -0.830. The normalized spacial score (nSPS) is 27.1. The second-order valence-electron chi connectivity index (χ2n) is 7.44. The number of likely N-dealkylation sites (tertiary alicyclic amines) is 1. The van der Waals surface area contributed by atoms with Crippen LogP contribution in [-0.2, 0) is 10.9 Å². The van der Waals surface area contributed by atoms with Gasteiger partial charge in [-0.05, 0) is 43.8 Å². The van der Waals surface area contributed by atoms with Crippen molar-refractivity contribution in [3.8, 4) is 0 Å². The van der Waals surface area contributed by atoms with Crippen LogP contribution in [0.5, 0.6) is 0 Å². The summed E-state index contributed by atoms with van der Waals surface area (Å²) in [5.74, 6) is 0. The molecule has 3 aliphatic heterocycles. The number of hydrogen-bond donors (Lipinski definition) is 0. The molecule has 4 nitrogen and oxygen atoms in total. The van der Waals surface area contributed by atoms with Gasteiger partial charge < -0.3 is 4.74 Å². The standard InChI is InChI=1S/C17H22F3N3OS/c1-12-14(4-5-15(21-12)17(18,19)20)25-23-10-16(11-23)8-22(9-16)13-3-2-6-24-7-13/h4-5,13H,2-3,6-11H2,1H3. The monoisotopic (exact) mass is 373 g/mol. The van der Waals surface area contributed by atoms with Crippen molar-refractivity contribution in [1.82, 2.24) is 14.2 Å². The molecule has 138 valence electrons. The van der Waals surface area contributed by atoms with Crippen LogP contribution >= 0.6 is 11.9 Å². The van der Waals surface area contributed by atoms with E-state index in [-0.39, 0.29) is 0 Å². The number of aromatic nitrogens is 1. The van der Waals surface area contributed by atoms with Crippen LogP contribution in [0, 0.1) is 12.3 Å². The maximum Gasteiger partial charge on any atom is 0.433 e. The van der Waals surface area contributed by atoms with Crippen LogP contribution in [0.2, 0.25) is 0 Å². The molecule has 0 aromatic carbocycles. The van der Waals surface area contributed by atoms with Gasteiger partial charge in [0.1, 0.15) is 5.69 Å². The van der Waals surface area contributed by atoms with E-state index in [1.54, 1.807) is 6.92 Å². The van der Waals surface area contributed by atoms with Gasteiger partial charge in [-0.15, -0.1) is 0 Å². The molecule has 3 fully saturated rings. The van der Waals surface area contributed by atoms with Crippen LogP contribution in [0.4, 0.5) is 13.2 Å². The molecule has 0 saturated carbocycles. The Labute approximate surface area is 149 Å². The molecule has 3 aliphatic rings. The highest BCUT2D eigenvalue weighted by Gasteiger charge is 2.53. The Bertz CT molecular complexity index is 635. The van der Waals surface area contributed by atoms with Crippen molar-refractivity contribution in [2.75, 3.05) is 39.4 Å². The minimum absolute atomic E-state index is 0.373. The zero-order valence-electron chi connectivity index (χ0n) is 14.2. The van der Waals surface area contributed by atoms with E-state index in [9.17, 15) is 13.2 Å². The summed E-state index contributed by atoms with van der Waals surface area (Å²) in [6.45, 7) is 7.59. The van der Waals surface area contributed by atoms with Gasteiger partial charge in [0.15, 0.2) is 0 Å². The molecule has 1 aromatic rings. The first kappa shape index (κ1) is 17.6. The lowest BCUT2D eigenvalue weighted by Gasteiger charge is -2.61. The van der Waals surface area contributed by atoms with Gasteiger partial charge in [0.2, 0.25) is 0 Å². The third kappa shape index (κ3) is 3.54. The smallest absolute Gasteiger partial charge is 0.380 e. The quantitative estimate of drug-likeness (QED) is 0.759. The number of aryl methyl sites for hydroxylation is 1. The highest BCUT2D eigenvalue weighted by Crippen LogP contribution is 2.46. The highest BCUT2D eigenvalue weighted by atomic mass is 32.2. The molecular formula is C17H22F3N3OS. The van der Waals surface area contributed by atoms with Crippen molar-refractivity contribution < 1.29 is 17.9 Å². The van der Waals surface area contributed by atoms with Crippen molar-refractivity contribution in [3.63, 3.8) is 0 Å². The molecule has 0 aliphatic carbocycles. The fourth-order valence-corrected chi connectivity index (χ4v) is 5.26. The van der Waals surface area contributed by atoms with Crippen LogP contribution in [0.15, 0.2) is 17.0 Å². The van der Waals surface area contributed by atoms with Gasteiger partial charge in [-0.2, -0.15) is 13.2 Å². The Morgan fingerprint density at radius 2 is 2.00 bits per heavy atom. The average molecular weight is 373 g/mol. The Morgan fingerprint density at radius 1 is 1.24 bits per heavy atom. The van der Waals surface area contributed by atoms with Crippen molar-refractivity contribution in [2.45, 2.75) is 36.9 Å². The highest BCUT2D eigenvalue weighted by molar-refractivity contribution is 7.97. The van der Waals surface area contributed by atoms with Gasteiger partial charge in [-0.3, -0.25) is 4.90 Å². The third-order valence-electron chi connectivity index (χ3n) is 5.31. The van der Waals surface area contributed by atoms with Crippen molar-refractivity contribution in [3.05, 3.63) is 23.5 Å². The molecular weight excluding hydrogens is 351 g/mol. The number of ether oxygens (including phenoxy) is 1. The summed E-state index contributed by atoms with van der Waals surface area (Å²) in [5.41, 5.74) is -0.00773. The van der Waals surface area contributed by atoms with E-state index in [0.717, 1.165) is 56.8 Å².